The van der Waals surface area contributed by atoms with Gasteiger partial charge in [-0.25, -0.2) is 4.79 Å². The summed E-state index contributed by atoms with van der Waals surface area (Å²) in [4.78, 5) is 13.8. The van der Waals surface area contributed by atoms with E-state index in [4.69, 9.17) is 10.5 Å². The number of carbonyl (C=O) groups excluding carboxylic acids is 1. The molecule has 4 nitrogen and oxygen atoms in total. The summed E-state index contributed by atoms with van der Waals surface area (Å²) in [5, 5.41) is 0. The molecule has 1 rings (SSSR count). The molecule has 0 aliphatic carbocycles. The average molecular weight is 242 g/mol. The highest BCUT2D eigenvalue weighted by Crippen LogP contribution is 2.23. The molecule has 17 heavy (non-hydrogen) atoms. The number of hydrogen-bond acceptors (Lipinski definition) is 3. The van der Waals surface area contributed by atoms with Gasteiger partial charge < -0.3 is 15.4 Å². The van der Waals surface area contributed by atoms with Crippen molar-refractivity contribution in [2.45, 2.75) is 46.1 Å². The van der Waals surface area contributed by atoms with Gasteiger partial charge in [-0.2, -0.15) is 0 Å². The number of rotatable bonds is 1. The van der Waals surface area contributed by atoms with Crippen LogP contribution in [0.25, 0.3) is 0 Å². The molecule has 0 aromatic carbocycles. The lowest BCUT2D eigenvalue weighted by Crippen LogP contribution is -2.37. The van der Waals surface area contributed by atoms with Crippen LogP contribution in [0.15, 0.2) is 0 Å². The van der Waals surface area contributed by atoms with Crippen LogP contribution in [0.3, 0.4) is 0 Å². The predicted octanol–water partition coefficient (Wildman–Crippen LogP) is 2.23. The lowest BCUT2D eigenvalue weighted by molar-refractivity contribution is 0.0254. The first kappa shape index (κ1) is 14.3. The lowest BCUT2D eigenvalue weighted by atomic mass is 9.90. The largest absolute Gasteiger partial charge is 0.444 e. The molecule has 2 atom stereocenters. The second-order valence-corrected chi connectivity index (χ2v) is 6.02. The molecule has 1 aliphatic rings. The van der Waals surface area contributed by atoms with Crippen LogP contribution >= 0.6 is 0 Å². The van der Waals surface area contributed by atoms with Crippen molar-refractivity contribution >= 4 is 6.09 Å². The van der Waals surface area contributed by atoms with E-state index in [0.29, 0.717) is 18.4 Å². The second-order valence-electron chi connectivity index (χ2n) is 6.02. The van der Waals surface area contributed by atoms with Crippen molar-refractivity contribution in [3.63, 3.8) is 0 Å². The average Bonchev–Trinajstić information content (AvgIpc) is 2.37. The summed E-state index contributed by atoms with van der Waals surface area (Å²) in [5.74, 6) is 1.12. The maximum Gasteiger partial charge on any atom is 0.410 e. The van der Waals surface area contributed by atoms with E-state index in [1.165, 1.54) is 0 Å². The highest BCUT2D eigenvalue weighted by Gasteiger charge is 2.27. The lowest BCUT2D eigenvalue weighted by Gasteiger charge is -2.26. The predicted molar refractivity (Wildman–Crippen MR) is 68.7 cm³/mol. The molecule has 0 spiro atoms. The van der Waals surface area contributed by atoms with Crippen LogP contribution in [0.2, 0.25) is 0 Å². The molecule has 2 N–H and O–H groups in total. The fourth-order valence-electron chi connectivity index (χ4n) is 2.17. The van der Waals surface area contributed by atoms with Gasteiger partial charge >= 0.3 is 6.09 Å². The van der Waals surface area contributed by atoms with Gasteiger partial charge in [0.05, 0.1) is 0 Å². The normalized spacial score (nSPS) is 26.5. The Bertz CT molecular complexity index is 261. The van der Waals surface area contributed by atoms with Gasteiger partial charge in [0.2, 0.25) is 0 Å². The van der Waals surface area contributed by atoms with Gasteiger partial charge in [0.15, 0.2) is 0 Å². The third-order valence-corrected chi connectivity index (χ3v) is 3.38. The van der Waals surface area contributed by atoms with Gasteiger partial charge in [-0.1, -0.05) is 6.92 Å². The Morgan fingerprint density at radius 1 is 1.35 bits per heavy atom. The Kier molecular flexibility index (Phi) is 4.80. The van der Waals surface area contributed by atoms with E-state index in [2.05, 4.69) is 6.92 Å². The van der Waals surface area contributed by atoms with Crippen molar-refractivity contribution in [2.75, 3.05) is 19.6 Å². The van der Waals surface area contributed by atoms with Crippen molar-refractivity contribution in [1.29, 1.82) is 0 Å². The number of carbonyl (C=O) groups is 1. The number of nitrogens with two attached hydrogens (primary N) is 1. The summed E-state index contributed by atoms with van der Waals surface area (Å²) >= 11 is 0. The highest BCUT2D eigenvalue weighted by atomic mass is 16.6. The van der Waals surface area contributed by atoms with Crippen molar-refractivity contribution in [2.24, 2.45) is 17.6 Å². The molecular weight excluding hydrogens is 216 g/mol. The van der Waals surface area contributed by atoms with E-state index in [0.717, 1.165) is 25.9 Å². The zero-order valence-electron chi connectivity index (χ0n) is 11.5. The number of likely N-dealkylation sites (tertiary alicyclic amines) is 1. The van der Waals surface area contributed by atoms with E-state index in [9.17, 15) is 4.79 Å². The van der Waals surface area contributed by atoms with E-state index in [-0.39, 0.29) is 6.09 Å². The van der Waals surface area contributed by atoms with Gasteiger partial charge in [-0.05, 0) is 52.0 Å². The molecular formula is C13H26N2O2. The number of amides is 1. The molecule has 0 saturated carbocycles. The van der Waals surface area contributed by atoms with Crippen LogP contribution in [0.1, 0.15) is 40.5 Å². The summed E-state index contributed by atoms with van der Waals surface area (Å²) in [6.07, 6.45) is 1.81. The van der Waals surface area contributed by atoms with Crippen LogP contribution in [-0.2, 0) is 4.74 Å². The van der Waals surface area contributed by atoms with Gasteiger partial charge in [0, 0.05) is 13.1 Å². The Morgan fingerprint density at radius 2 is 1.94 bits per heavy atom. The SMILES string of the molecule is CC1CCN(C(=O)OC(C)(C)C)CCC1CN. The summed E-state index contributed by atoms with van der Waals surface area (Å²) in [5.41, 5.74) is 5.34. The molecule has 1 aliphatic heterocycles. The Labute approximate surface area is 104 Å². The Balaban J connectivity index is 2.53. The summed E-state index contributed by atoms with van der Waals surface area (Å²) in [7, 11) is 0. The van der Waals surface area contributed by atoms with E-state index >= 15 is 0 Å². The first-order valence-electron chi connectivity index (χ1n) is 6.51. The van der Waals surface area contributed by atoms with E-state index < -0.39 is 5.60 Å². The van der Waals surface area contributed by atoms with Gasteiger partial charge in [-0.15, -0.1) is 0 Å². The highest BCUT2D eigenvalue weighted by molar-refractivity contribution is 5.68. The molecule has 1 heterocycles. The summed E-state index contributed by atoms with van der Waals surface area (Å²) in [6.45, 7) is 10.2. The van der Waals surface area contributed by atoms with Gasteiger partial charge in [0.1, 0.15) is 5.60 Å². The Morgan fingerprint density at radius 3 is 2.47 bits per heavy atom. The third kappa shape index (κ3) is 4.54. The zero-order chi connectivity index (χ0) is 13.1. The molecule has 2 unspecified atom stereocenters. The van der Waals surface area contributed by atoms with E-state index in [1.54, 1.807) is 0 Å². The summed E-state index contributed by atoms with van der Waals surface area (Å²) in [6, 6.07) is 0. The van der Waals surface area contributed by atoms with Crippen LogP contribution < -0.4 is 5.73 Å². The minimum Gasteiger partial charge on any atom is -0.444 e. The maximum atomic E-state index is 11.9. The fraction of sp³-hybridized carbons (Fsp3) is 0.923. The molecule has 0 aromatic rings. The Hall–Kier alpha value is -0.770. The first-order chi connectivity index (χ1) is 7.83. The van der Waals surface area contributed by atoms with Crippen LogP contribution in [-0.4, -0.2) is 36.2 Å². The monoisotopic (exact) mass is 242 g/mol. The van der Waals surface area contributed by atoms with E-state index in [1.807, 2.05) is 25.7 Å². The first-order valence-corrected chi connectivity index (χ1v) is 6.51. The van der Waals surface area contributed by atoms with Crippen LogP contribution in [0.5, 0.6) is 0 Å². The number of nitrogens with zero attached hydrogens (tertiary/aromatic N) is 1. The van der Waals surface area contributed by atoms with Crippen molar-refractivity contribution in [1.82, 2.24) is 4.90 Å². The topological polar surface area (TPSA) is 55.6 Å². The van der Waals surface area contributed by atoms with Crippen molar-refractivity contribution < 1.29 is 9.53 Å². The maximum absolute atomic E-state index is 11.9. The number of hydrogen-bond donors (Lipinski definition) is 1. The second kappa shape index (κ2) is 5.71. The van der Waals surface area contributed by atoms with Crippen molar-refractivity contribution in [3.05, 3.63) is 0 Å². The van der Waals surface area contributed by atoms with Crippen LogP contribution in [0, 0.1) is 11.8 Å². The van der Waals surface area contributed by atoms with Crippen molar-refractivity contribution in [3.8, 4) is 0 Å². The zero-order valence-corrected chi connectivity index (χ0v) is 11.5. The molecule has 1 amide bonds. The standard InChI is InChI=1S/C13H26N2O2/c1-10-5-7-15(8-6-11(10)9-14)12(16)17-13(2,3)4/h10-11H,5-9,14H2,1-4H3. The quantitative estimate of drug-likeness (QED) is 0.767. The van der Waals surface area contributed by atoms with Gasteiger partial charge in [0.25, 0.3) is 0 Å². The fourth-order valence-corrected chi connectivity index (χ4v) is 2.17. The summed E-state index contributed by atoms with van der Waals surface area (Å²) < 4.78 is 5.39. The molecule has 4 heteroatoms. The molecule has 0 bridgehead atoms. The molecule has 1 fully saturated rings. The molecule has 0 radical (unpaired) electrons. The minimum absolute atomic E-state index is 0.192. The smallest absolute Gasteiger partial charge is 0.410 e. The third-order valence-electron chi connectivity index (χ3n) is 3.38. The molecule has 1 saturated heterocycles. The number of ether oxygens (including phenoxy) is 1. The molecule has 100 valence electrons. The minimum atomic E-state index is -0.414. The van der Waals surface area contributed by atoms with Gasteiger partial charge in [-0.3, -0.25) is 0 Å². The molecule has 0 aromatic heterocycles. The van der Waals surface area contributed by atoms with Crippen LogP contribution in [0.4, 0.5) is 4.79 Å².